The summed E-state index contributed by atoms with van der Waals surface area (Å²) in [6.07, 6.45) is -4.19. The normalized spacial score (nSPS) is 13.3. The van der Waals surface area contributed by atoms with Crippen molar-refractivity contribution in [3.8, 4) is 0 Å². The minimum Gasteiger partial charge on any atom is -0.317 e. The lowest BCUT2D eigenvalue weighted by atomic mass is 10.5. The average Bonchev–Trinajstić information content (AvgIpc) is 2.19. The van der Waals surface area contributed by atoms with Gasteiger partial charge in [0.25, 0.3) is 0 Å². The molecule has 104 valence electrons. The quantitative estimate of drug-likeness (QED) is 0.678. The minimum atomic E-state index is -4.50. The molecule has 0 heterocycles. The highest BCUT2D eigenvalue weighted by Gasteiger charge is 2.35. The van der Waals surface area contributed by atoms with E-state index < -0.39 is 22.7 Å². The first-order valence-corrected chi connectivity index (χ1v) is 7.09. The Morgan fingerprint density at radius 1 is 1.24 bits per heavy atom. The van der Waals surface area contributed by atoms with E-state index in [4.69, 9.17) is 0 Å². The van der Waals surface area contributed by atoms with Crippen LogP contribution in [0.4, 0.5) is 13.2 Å². The first-order valence-electron chi connectivity index (χ1n) is 5.48. The highest BCUT2D eigenvalue weighted by atomic mass is 32.2. The topological polar surface area (TPSA) is 49.4 Å². The van der Waals surface area contributed by atoms with Crippen LogP contribution in [0.15, 0.2) is 0 Å². The van der Waals surface area contributed by atoms with E-state index in [1.165, 1.54) is 6.92 Å². The molecular formula is C9H19F3N2O2S. The summed E-state index contributed by atoms with van der Waals surface area (Å²) in [6, 6.07) is 0. The molecule has 0 fully saturated rings. The van der Waals surface area contributed by atoms with Crippen LogP contribution in [0.3, 0.4) is 0 Å². The van der Waals surface area contributed by atoms with Gasteiger partial charge in [-0.1, -0.05) is 13.8 Å². The third-order valence-corrected chi connectivity index (χ3v) is 4.09. The number of hydrogen-bond acceptors (Lipinski definition) is 3. The van der Waals surface area contributed by atoms with E-state index in [-0.39, 0.29) is 12.3 Å². The molecule has 0 amide bonds. The van der Waals surface area contributed by atoms with Crippen molar-refractivity contribution in [3.05, 3.63) is 0 Å². The standard InChI is InChI=1S/C9H19F3N2O2S/c1-3-13-6-5-7-17(15,16)14(4-2)8-9(10,11)12/h13H,3-8H2,1-2H3. The van der Waals surface area contributed by atoms with E-state index in [9.17, 15) is 21.6 Å². The molecule has 1 N–H and O–H groups in total. The number of hydrogen-bond donors (Lipinski definition) is 1. The predicted molar refractivity (Wildman–Crippen MR) is 60.2 cm³/mol. The Morgan fingerprint density at radius 3 is 2.24 bits per heavy atom. The molecule has 0 bridgehead atoms. The van der Waals surface area contributed by atoms with E-state index in [1.54, 1.807) is 0 Å². The zero-order valence-electron chi connectivity index (χ0n) is 10.0. The third kappa shape index (κ3) is 7.56. The molecule has 0 aliphatic carbocycles. The summed E-state index contributed by atoms with van der Waals surface area (Å²) >= 11 is 0. The number of rotatable bonds is 8. The smallest absolute Gasteiger partial charge is 0.317 e. The van der Waals surface area contributed by atoms with Crippen molar-refractivity contribution in [2.24, 2.45) is 0 Å². The average molecular weight is 276 g/mol. The summed E-state index contributed by atoms with van der Waals surface area (Å²) in [7, 11) is -3.81. The molecule has 0 atom stereocenters. The van der Waals surface area contributed by atoms with Crippen molar-refractivity contribution in [2.75, 3.05) is 31.9 Å². The molecule has 0 spiro atoms. The van der Waals surface area contributed by atoms with Crippen molar-refractivity contribution in [3.63, 3.8) is 0 Å². The highest BCUT2D eigenvalue weighted by molar-refractivity contribution is 7.89. The maximum Gasteiger partial charge on any atom is 0.402 e. The maximum absolute atomic E-state index is 12.1. The molecule has 0 saturated heterocycles. The molecule has 0 radical (unpaired) electrons. The fourth-order valence-corrected chi connectivity index (χ4v) is 2.80. The number of nitrogens with zero attached hydrogens (tertiary/aromatic N) is 1. The molecule has 0 saturated carbocycles. The molecule has 0 aliphatic heterocycles. The van der Waals surface area contributed by atoms with Crippen LogP contribution in [0.5, 0.6) is 0 Å². The SMILES string of the molecule is CCNCCCS(=O)(=O)N(CC)CC(F)(F)F. The lowest BCUT2D eigenvalue weighted by Crippen LogP contribution is -2.40. The first-order chi connectivity index (χ1) is 7.73. The highest BCUT2D eigenvalue weighted by Crippen LogP contribution is 2.18. The van der Waals surface area contributed by atoms with Gasteiger partial charge in [0, 0.05) is 6.54 Å². The lowest BCUT2D eigenvalue weighted by molar-refractivity contribution is -0.135. The van der Waals surface area contributed by atoms with E-state index in [2.05, 4.69) is 5.32 Å². The minimum absolute atomic E-state index is 0.164. The predicted octanol–water partition coefficient (Wildman–Crippen LogP) is 1.20. The van der Waals surface area contributed by atoms with Crippen molar-refractivity contribution < 1.29 is 21.6 Å². The molecular weight excluding hydrogens is 257 g/mol. The number of nitrogens with one attached hydrogen (secondary N) is 1. The van der Waals surface area contributed by atoms with Crippen LogP contribution in [-0.2, 0) is 10.0 Å². The van der Waals surface area contributed by atoms with Gasteiger partial charge in [-0.25, -0.2) is 8.42 Å². The Balaban J connectivity index is 4.34. The molecule has 0 rings (SSSR count). The van der Waals surface area contributed by atoms with Crippen LogP contribution in [-0.4, -0.2) is 50.8 Å². The third-order valence-electron chi connectivity index (χ3n) is 2.11. The van der Waals surface area contributed by atoms with Crippen LogP contribution in [0.2, 0.25) is 0 Å². The van der Waals surface area contributed by atoms with Crippen molar-refractivity contribution in [1.82, 2.24) is 9.62 Å². The zero-order chi connectivity index (χ0) is 13.5. The lowest BCUT2D eigenvalue weighted by Gasteiger charge is -2.21. The Bertz CT molecular complexity index is 304. The Kier molecular flexibility index (Phi) is 7.03. The fraction of sp³-hybridized carbons (Fsp3) is 1.00. The monoisotopic (exact) mass is 276 g/mol. The van der Waals surface area contributed by atoms with E-state index in [0.29, 0.717) is 23.8 Å². The summed E-state index contributed by atoms with van der Waals surface area (Å²) in [4.78, 5) is 0. The van der Waals surface area contributed by atoms with Crippen LogP contribution in [0.25, 0.3) is 0 Å². The second kappa shape index (κ2) is 7.17. The fourth-order valence-electron chi connectivity index (χ4n) is 1.29. The van der Waals surface area contributed by atoms with Crippen LogP contribution in [0, 0.1) is 0 Å². The summed E-state index contributed by atoms with van der Waals surface area (Å²) in [5.74, 6) is -0.260. The molecule has 0 aliphatic rings. The molecule has 0 aromatic rings. The molecule has 4 nitrogen and oxygen atoms in total. The second-order valence-electron chi connectivity index (χ2n) is 3.56. The molecule has 0 aromatic carbocycles. The molecule has 0 unspecified atom stereocenters. The number of halogens is 3. The Morgan fingerprint density at radius 2 is 1.82 bits per heavy atom. The molecule has 0 aromatic heterocycles. The van der Waals surface area contributed by atoms with Crippen molar-refractivity contribution >= 4 is 10.0 Å². The van der Waals surface area contributed by atoms with Gasteiger partial charge in [-0.15, -0.1) is 0 Å². The summed E-state index contributed by atoms with van der Waals surface area (Å²) in [5, 5.41) is 2.92. The van der Waals surface area contributed by atoms with E-state index in [0.717, 1.165) is 0 Å². The van der Waals surface area contributed by atoms with Gasteiger partial charge in [0.2, 0.25) is 10.0 Å². The Labute approximate surface area is 100 Å². The van der Waals surface area contributed by atoms with E-state index in [1.807, 2.05) is 6.92 Å². The zero-order valence-corrected chi connectivity index (χ0v) is 10.9. The molecule has 17 heavy (non-hydrogen) atoms. The van der Waals surface area contributed by atoms with Gasteiger partial charge < -0.3 is 5.32 Å². The first kappa shape index (κ1) is 16.7. The maximum atomic E-state index is 12.1. The molecule has 8 heteroatoms. The number of sulfonamides is 1. The Hall–Kier alpha value is -0.340. The van der Waals surface area contributed by atoms with Gasteiger partial charge in [0.05, 0.1) is 5.75 Å². The summed E-state index contributed by atoms with van der Waals surface area (Å²) in [5.41, 5.74) is 0. The summed E-state index contributed by atoms with van der Waals surface area (Å²) in [6.45, 7) is 2.89. The van der Waals surface area contributed by atoms with Crippen LogP contribution < -0.4 is 5.32 Å². The van der Waals surface area contributed by atoms with E-state index >= 15 is 0 Å². The van der Waals surface area contributed by atoms with Gasteiger partial charge in [0.1, 0.15) is 6.54 Å². The van der Waals surface area contributed by atoms with Gasteiger partial charge in [0.15, 0.2) is 0 Å². The van der Waals surface area contributed by atoms with Crippen molar-refractivity contribution in [2.45, 2.75) is 26.4 Å². The largest absolute Gasteiger partial charge is 0.402 e. The number of alkyl halides is 3. The van der Waals surface area contributed by atoms with Crippen LogP contribution in [0.1, 0.15) is 20.3 Å². The van der Waals surface area contributed by atoms with Crippen LogP contribution >= 0.6 is 0 Å². The van der Waals surface area contributed by atoms with Crippen molar-refractivity contribution in [1.29, 1.82) is 0 Å². The van der Waals surface area contributed by atoms with Gasteiger partial charge in [-0.05, 0) is 19.5 Å². The second-order valence-corrected chi connectivity index (χ2v) is 5.65. The summed E-state index contributed by atoms with van der Waals surface area (Å²) < 4.78 is 60.1. The van der Waals surface area contributed by atoms with Gasteiger partial charge in [-0.3, -0.25) is 0 Å². The van der Waals surface area contributed by atoms with Gasteiger partial charge in [-0.2, -0.15) is 17.5 Å². The van der Waals surface area contributed by atoms with Gasteiger partial charge >= 0.3 is 6.18 Å².